The molecule has 1 N–H and O–H groups in total. The van der Waals surface area contributed by atoms with Gasteiger partial charge >= 0.3 is 0 Å². The van der Waals surface area contributed by atoms with Crippen LogP contribution in [0, 0.1) is 0 Å². The van der Waals surface area contributed by atoms with E-state index in [1.807, 2.05) is 12.1 Å². The first kappa shape index (κ1) is 32.8. The van der Waals surface area contributed by atoms with Crippen LogP contribution in [0.3, 0.4) is 0 Å². The number of carbonyl (C=O) groups excluding carboxylic acids is 2. The fourth-order valence-corrected chi connectivity index (χ4v) is 7.23. The topological polar surface area (TPSA) is 86.8 Å². The van der Waals surface area contributed by atoms with E-state index in [9.17, 15) is 18.0 Å². The van der Waals surface area contributed by atoms with Crippen LogP contribution in [0.4, 0.5) is 5.69 Å². The zero-order chi connectivity index (χ0) is 31.1. The minimum absolute atomic E-state index is 0.0407. The highest BCUT2D eigenvalue weighted by atomic mass is 35.5. The van der Waals surface area contributed by atoms with Crippen molar-refractivity contribution in [2.24, 2.45) is 0 Å². The summed E-state index contributed by atoms with van der Waals surface area (Å²) in [7, 11) is -4.14. The highest BCUT2D eigenvalue weighted by Crippen LogP contribution is 2.29. The van der Waals surface area contributed by atoms with Crippen LogP contribution in [0.1, 0.15) is 69.9 Å². The van der Waals surface area contributed by atoms with E-state index in [1.54, 1.807) is 55.5 Å². The van der Waals surface area contributed by atoms with E-state index >= 15 is 0 Å². The van der Waals surface area contributed by atoms with Crippen LogP contribution in [0.15, 0.2) is 77.7 Å². The van der Waals surface area contributed by atoms with Gasteiger partial charge in [-0.1, -0.05) is 92.7 Å². The molecule has 0 aliphatic heterocycles. The minimum Gasteiger partial charge on any atom is -0.352 e. The van der Waals surface area contributed by atoms with Gasteiger partial charge in [-0.15, -0.1) is 0 Å². The lowest BCUT2D eigenvalue weighted by atomic mass is 9.95. The first-order chi connectivity index (χ1) is 20.5. The smallest absolute Gasteiger partial charge is 0.264 e. The Morgan fingerprint density at radius 1 is 0.860 bits per heavy atom. The molecule has 1 fully saturated rings. The van der Waals surface area contributed by atoms with Crippen LogP contribution in [-0.2, 0) is 26.2 Å². The van der Waals surface area contributed by atoms with Crippen molar-refractivity contribution in [2.45, 2.75) is 82.3 Å². The Kier molecular flexibility index (Phi) is 11.2. The van der Waals surface area contributed by atoms with Gasteiger partial charge in [-0.05, 0) is 67.6 Å². The molecule has 1 aliphatic carbocycles. The molecule has 0 bridgehead atoms. The molecule has 10 heteroatoms. The SMILES string of the molecule is CC(C)c1ccc(N(CC(=O)N(Cc2c(Cl)cccc2Cl)[C@H](C)C(=O)NC2CCCCC2)S(=O)(=O)c2ccccc2)cc1. The molecule has 3 aromatic rings. The first-order valence-corrected chi connectivity index (χ1v) is 16.9. The number of sulfonamides is 1. The van der Waals surface area contributed by atoms with Gasteiger partial charge in [-0.3, -0.25) is 13.9 Å². The molecule has 7 nitrogen and oxygen atoms in total. The largest absolute Gasteiger partial charge is 0.352 e. The zero-order valence-corrected chi connectivity index (χ0v) is 27.1. The van der Waals surface area contributed by atoms with Crippen LogP contribution in [-0.4, -0.2) is 43.8 Å². The standard InChI is InChI=1S/C33H39Cl2N3O4S/c1-23(2)25-17-19-27(20-18-25)38(43(41,42)28-13-8-5-9-14-28)22-32(39)37(21-29-30(34)15-10-16-31(29)35)24(3)33(40)36-26-11-6-4-7-12-26/h5,8-10,13-20,23-24,26H,4,6-7,11-12,21-22H2,1-3H3,(H,36,40)/t24-/m1/s1. The highest BCUT2D eigenvalue weighted by Gasteiger charge is 2.33. The number of anilines is 1. The Morgan fingerprint density at radius 2 is 1.47 bits per heavy atom. The number of benzene rings is 3. The number of carbonyl (C=O) groups is 2. The van der Waals surface area contributed by atoms with E-state index in [2.05, 4.69) is 19.2 Å². The molecule has 0 unspecified atom stereocenters. The molecule has 2 amide bonds. The Balaban J connectivity index is 1.71. The van der Waals surface area contributed by atoms with Gasteiger partial charge in [0.1, 0.15) is 12.6 Å². The van der Waals surface area contributed by atoms with Crippen molar-refractivity contribution >= 4 is 50.7 Å². The maximum atomic E-state index is 14.2. The first-order valence-electron chi connectivity index (χ1n) is 14.7. The van der Waals surface area contributed by atoms with Gasteiger partial charge in [0.2, 0.25) is 11.8 Å². The van der Waals surface area contributed by atoms with Gasteiger partial charge in [0.25, 0.3) is 10.0 Å². The molecule has 1 aliphatic rings. The lowest BCUT2D eigenvalue weighted by Crippen LogP contribution is -2.53. The summed E-state index contributed by atoms with van der Waals surface area (Å²) in [6.07, 6.45) is 5.00. The molecule has 43 heavy (non-hydrogen) atoms. The van der Waals surface area contributed by atoms with Gasteiger partial charge in [-0.25, -0.2) is 8.42 Å². The van der Waals surface area contributed by atoms with Gasteiger partial charge in [0.05, 0.1) is 10.6 Å². The third-order valence-corrected chi connectivity index (χ3v) is 10.5. The van der Waals surface area contributed by atoms with Crippen LogP contribution >= 0.6 is 23.2 Å². The second-order valence-electron chi connectivity index (χ2n) is 11.3. The van der Waals surface area contributed by atoms with E-state index < -0.39 is 28.5 Å². The number of halogens is 2. The predicted octanol–water partition coefficient (Wildman–Crippen LogP) is 7.18. The number of hydrogen-bond donors (Lipinski definition) is 1. The fraction of sp³-hybridized carbons (Fsp3) is 0.394. The number of nitrogens with one attached hydrogen (secondary N) is 1. The molecule has 0 aromatic heterocycles. The monoisotopic (exact) mass is 643 g/mol. The van der Waals surface area contributed by atoms with Crippen molar-refractivity contribution in [3.63, 3.8) is 0 Å². The quantitative estimate of drug-likeness (QED) is 0.240. The summed E-state index contributed by atoms with van der Waals surface area (Å²) < 4.78 is 29.1. The van der Waals surface area contributed by atoms with Gasteiger partial charge in [0, 0.05) is 28.2 Å². The summed E-state index contributed by atoms with van der Waals surface area (Å²) in [4.78, 5) is 29.1. The molecule has 230 valence electrons. The lowest BCUT2D eigenvalue weighted by Gasteiger charge is -2.33. The summed E-state index contributed by atoms with van der Waals surface area (Å²) in [5.41, 5.74) is 1.86. The van der Waals surface area contributed by atoms with Crippen LogP contribution in [0.25, 0.3) is 0 Å². The molecular formula is C33H39Cl2N3O4S. The van der Waals surface area contributed by atoms with E-state index in [4.69, 9.17) is 23.2 Å². The second-order valence-corrected chi connectivity index (χ2v) is 14.0. The third-order valence-electron chi connectivity index (χ3n) is 7.97. The van der Waals surface area contributed by atoms with Crippen molar-refractivity contribution < 1.29 is 18.0 Å². The fourth-order valence-electron chi connectivity index (χ4n) is 5.28. The van der Waals surface area contributed by atoms with E-state index in [1.165, 1.54) is 17.0 Å². The van der Waals surface area contributed by atoms with E-state index in [0.717, 1.165) is 42.0 Å². The summed E-state index contributed by atoms with van der Waals surface area (Å²) in [6, 6.07) is 19.3. The van der Waals surface area contributed by atoms with Gasteiger partial charge < -0.3 is 10.2 Å². The van der Waals surface area contributed by atoms with Crippen molar-refractivity contribution in [2.75, 3.05) is 10.8 Å². The van der Waals surface area contributed by atoms with Crippen LogP contribution in [0.2, 0.25) is 10.0 Å². The Bertz CT molecular complexity index is 1490. The molecule has 0 heterocycles. The van der Waals surface area contributed by atoms with Crippen LogP contribution in [0.5, 0.6) is 0 Å². The summed E-state index contributed by atoms with van der Waals surface area (Å²) in [5.74, 6) is -0.619. The Labute approximate surface area is 265 Å². The maximum Gasteiger partial charge on any atom is 0.264 e. The average molecular weight is 645 g/mol. The number of nitrogens with zero attached hydrogens (tertiary/aromatic N) is 2. The summed E-state index contributed by atoms with van der Waals surface area (Å²) in [5, 5.41) is 3.80. The van der Waals surface area contributed by atoms with E-state index in [0.29, 0.717) is 21.3 Å². The number of rotatable bonds is 11. The van der Waals surface area contributed by atoms with Crippen LogP contribution < -0.4 is 9.62 Å². The normalized spacial score (nSPS) is 14.7. The summed E-state index contributed by atoms with van der Waals surface area (Å²) in [6.45, 7) is 5.15. The van der Waals surface area contributed by atoms with Gasteiger partial charge in [0.15, 0.2) is 0 Å². The van der Waals surface area contributed by atoms with E-state index in [-0.39, 0.29) is 29.3 Å². The van der Waals surface area contributed by atoms with Crippen molar-refractivity contribution in [3.05, 3.63) is 94.0 Å². The minimum atomic E-state index is -4.14. The van der Waals surface area contributed by atoms with Gasteiger partial charge in [-0.2, -0.15) is 0 Å². The molecule has 4 rings (SSSR count). The zero-order valence-electron chi connectivity index (χ0n) is 24.8. The third kappa shape index (κ3) is 8.11. The molecule has 0 saturated heterocycles. The molecule has 1 atom stereocenters. The lowest BCUT2D eigenvalue weighted by molar-refractivity contribution is -0.139. The highest BCUT2D eigenvalue weighted by molar-refractivity contribution is 7.92. The summed E-state index contributed by atoms with van der Waals surface area (Å²) >= 11 is 13.0. The van der Waals surface area contributed by atoms with Crippen molar-refractivity contribution in [1.82, 2.24) is 10.2 Å². The Morgan fingerprint density at radius 3 is 2.05 bits per heavy atom. The molecule has 0 radical (unpaired) electrons. The maximum absolute atomic E-state index is 14.2. The van der Waals surface area contributed by atoms with Crippen molar-refractivity contribution in [3.8, 4) is 0 Å². The number of amides is 2. The molecule has 3 aromatic carbocycles. The average Bonchev–Trinajstić information content (AvgIpc) is 3.00. The number of hydrogen-bond acceptors (Lipinski definition) is 4. The second kappa shape index (κ2) is 14.6. The molecule has 0 spiro atoms. The predicted molar refractivity (Wildman–Crippen MR) is 173 cm³/mol. The Hall–Kier alpha value is -3.07. The molecular weight excluding hydrogens is 605 g/mol. The van der Waals surface area contributed by atoms with Crippen molar-refractivity contribution in [1.29, 1.82) is 0 Å². The molecule has 1 saturated carbocycles.